The van der Waals surface area contributed by atoms with Gasteiger partial charge in [-0.15, -0.1) is 0 Å². The minimum Gasteiger partial charge on any atom is -0.388 e. The first-order valence-electron chi connectivity index (χ1n) is 6.32. The molecule has 0 radical (unpaired) electrons. The summed E-state index contributed by atoms with van der Waals surface area (Å²) in [5.41, 5.74) is 3.35. The van der Waals surface area contributed by atoms with E-state index in [9.17, 15) is 9.59 Å². The lowest BCUT2D eigenvalue weighted by Gasteiger charge is -2.15. The zero-order valence-electron chi connectivity index (χ0n) is 11.5. The third kappa shape index (κ3) is 2.18. The lowest BCUT2D eigenvalue weighted by molar-refractivity contribution is 0.0787. The topological polar surface area (TPSA) is 102 Å². The molecule has 1 aliphatic rings. The van der Waals surface area contributed by atoms with Crippen LogP contribution in [0.25, 0.3) is 5.69 Å². The zero-order chi connectivity index (χ0) is 15.9. The normalized spacial score (nSPS) is 13.2. The molecule has 3 rings (SSSR count). The molecular weight excluding hydrogens is 310 g/mol. The number of carbonyl (C=O) groups excluding carboxylic acids is 2. The summed E-state index contributed by atoms with van der Waals surface area (Å²) in [7, 11) is 1.63. The van der Waals surface area contributed by atoms with E-state index in [4.69, 9.17) is 22.2 Å². The van der Waals surface area contributed by atoms with Crippen LogP contribution >= 0.6 is 11.6 Å². The van der Waals surface area contributed by atoms with Crippen molar-refractivity contribution in [2.24, 2.45) is 5.84 Å². The van der Waals surface area contributed by atoms with Crippen LogP contribution in [-0.4, -0.2) is 33.5 Å². The lowest BCUT2D eigenvalue weighted by atomic mass is 10.1. The molecule has 1 aromatic carbocycles. The van der Waals surface area contributed by atoms with Crippen molar-refractivity contribution in [2.45, 2.75) is 6.54 Å². The molecule has 3 N–H and O–H groups in total. The Labute approximate surface area is 130 Å². The van der Waals surface area contributed by atoms with Gasteiger partial charge in [0.05, 0.1) is 22.8 Å². The summed E-state index contributed by atoms with van der Waals surface area (Å²) in [4.78, 5) is 29.3. The average Bonchev–Trinajstić information content (AvgIpc) is 2.83. The molecule has 2 amide bonds. The van der Waals surface area contributed by atoms with E-state index in [1.54, 1.807) is 29.8 Å². The summed E-state index contributed by atoms with van der Waals surface area (Å²) in [6, 6.07) is 5.13. The van der Waals surface area contributed by atoms with Crippen LogP contribution in [0.2, 0.25) is 5.02 Å². The number of carbonyl (C=O) groups is 2. The van der Waals surface area contributed by atoms with Gasteiger partial charge in [0.2, 0.25) is 5.88 Å². The van der Waals surface area contributed by atoms with E-state index in [2.05, 4.69) is 4.98 Å². The van der Waals surface area contributed by atoms with Crippen LogP contribution in [0.4, 0.5) is 4.79 Å². The van der Waals surface area contributed by atoms with Crippen LogP contribution in [0, 0.1) is 0 Å². The van der Waals surface area contributed by atoms with E-state index in [1.165, 1.54) is 11.2 Å². The number of nitrogens with one attached hydrogen (secondary N) is 1. The highest BCUT2D eigenvalue weighted by Gasteiger charge is 2.29. The third-order valence-corrected chi connectivity index (χ3v) is 3.65. The Morgan fingerprint density at radius 2 is 2.27 bits per heavy atom. The van der Waals surface area contributed by atoms with Crippen LogP contribution in [0.3, 0.4) is 0 Å². The van der Waals surface area contributed by atoms with Gasteiger partial charge in [0.25, 0.3) is 5.91 Å². The van der Waals surface area contributed by atoms with Crippen molar-refractivity contribution in [3.05, 3.63) is 40.8 Å². The van der Waals surface area contributed by atoms with E-state index in [0.29, 0.717) is 22.0 Å². The number of halogens is 1. The highest BCUT2D eigenvalue weighted by Crippen LogP contribution is 2.32. The van der Waals surface area contributed by atoms with E-state index in [0.717, 1.165) is 0 Å². The number of ether oxygens (including phenoxy) is 1. The highest BCUT2D eigenvalue weighted by molar-refractivity contribution is 6.34. The molecule has 0 fully saturated rings. The van der Waals surface area contributed by atoms with Gasteiger partial charge in [0, 0.05) is 7.05 Å². The summed E-state index contributed by atoms with van der Waals surface area (Å²) < 4.78 is 6.68. The number of benzene rings is 1. The maximum atomic E-state index is 12.5. The third-order valence-electron chi connectivity index (χ3n) is 3.33. The van der Waals surface area contributed by atoms with Gasteiger partial charge >= 0.3 is 6.09 Å². The molecule has 9 heteroatoms. The van der Waals surface area contributed by atoms with Crippen molar-refractivity contribution < 1.29 is 14.3 Å². The Bertz CT molecular complexity index is 773. The molecule has 0 unspecified atom stereocenters. The second kappa shape index (κ2) is 5.32. The van der Waals surface area contributed by atoms with E-state index < -0.39 is 6.09 Å². The fourth-order valence-corrected chi connectivity index (χ4v) is 2.57. The van der Waals surface area contributed by atoms with Crippen molar-refractivity contribution >= 4 is 23.6 Å². The zero-order valence-corrected chi connectivity index (χ0v) is 12.3. The standard InChI is InChI=1S/C13H12ClN5O3/c1-18-5-9-11(22-13(21)17-15)16-6-19(9)8-4-2-3-7(14)10(8)12(18)20/h2-4,6H,5,15H2,1H3,(H,17,21). The van der Waals surface area contributed by atoms with Crippen LogP contribution in [-0.2, 0) is 6.54 Å². The number of hydrogen-bond acceptors (Lipinski definition) is 5. The average molecular weight is 322 g/mol. The maximum Gasteiger partial charge on any atom is 0.428 e. The van der Waals surface area contributed by atoms with Gasteiger partial charge in [0.1, 0.15) is 12.0 Å². The number of nitrogens with two attached hydrogens (primary N) is 1. The van der Waals surface area contributed by atoms with Crippen LogP contribution < -0.4 is 16.0 Å². The van der Waals surface area contributed by atoms with Crippen molar-refractivity contribution in [3.8, 4) is 11.6 Å². The molecule has 0 saturated carbocycles. The van der Waals surface area contributed by atoms with Gasteiger partial charge < -0.3 is 9.64 Å². The van der Waals surface area contributed by atoms with Gasteiger partial charge in [-0.3, -0.25) is 14.8 Å². The number of imidazole rings is 1. The largest absolute Gasteiger partial charge is 0.428 e. The highest BCUT2D eigenvalue weighted by atomic mass is 35.5. The lowest BCUT2D eigenvalue weighted by Crippen LogP contribution is -2.33. The Balaban J connectivity index is 2.18. The summed E-state index contributed by atoms with van der Waals surface area (Å²) >= 11 is 6.16. The molecule has 0 bridgehead atoms. The summed E-state index contributed by atoms with van der Waals surface area (Å²) in [5.74, 6) is 4.86. The quantitative estimate of drug-likeness (QED) is 0.465. The number of amides is 2. The fourth-order valence-electron chi connectivity index (χ4n) is 2.32. The molecule has 0 atom stereocenters. The number of hydrazine groups is 1. The molecule has 8 nitrogen and oxygen atoms in total. The Morgan fingerprint density at radius 3 is 3.00 bits per heavy atom. The Hall–Kier alpha value is -2.58. The van der Waals surface area contributed by atoms with Crippen molar-refractivity contribution in [3.63, 3.8) is 0 Å². The van der Waals surface area contributed by atoms with Crippen molar-refractivity contribution in [1.29, 1.82) is 0 Å². The molecule has 0 aliphatic carbocycles. The van der Waals surface area contributed by atoms with Gasteiger partial charge in [-0.25, -0.2) is 15.6 Å². The summed E-state index contributed by atoms with van der Waals surface area (Å²) in [5, 5.41) is 0.345. The Morgan fingerprint density at radius 1 is 1.50 bits per heavy atom. The summed E-state index contributed by atoms with van der Waals surface area (Å²) in [6.45, 7) is 0.205. The SMILES string of the molecule is CN1Cc2c(OC(=O)NN)ncn2-c2cccc(Cl)c2C1=O. The van der Waals surface area contributed by atoms with Crippen molar-refractivity contribution in [1.82, 2.24) is 19.9 Å². The molecule has 0 saturated heterocycles. The smallest absolute Gasteiger partial charge is 0.388 e. The number of aromatic nitrogens is 2. The number of nitrogens with zero attached hydrogens (tertiary/aromatic N) is 3. The first-order valence-corrected chi connectivity index (χ1v) is 6.69. The molecule has 1 aliphatic heterocycles. The van der Waals surface area contributed by atoms with Crippen LogP contribution in [0.5, 0.6) is 5.88 Å². The molecule has 114 valence electrons. The minimum absolute atomic E-state index is 0.0791. The van der Waals surface area contributed by atoms with Crippen LogP contribution in [0.15, 0.2) is 24.5 Å². The summed E-state index contributed by atoms with van der Waals surface area (Å²) in [6.07, 6.45) is 0.627. The molecule has 2 aromatic rings. The molecule has 22 heavy (non-hydrogen) atoms. The Kier molecular flexibility index (Phi) is 3.47. The van der Waals surface area contributed by atoms with Gasteiger partial charge in [-0.2, -0.15) is 0 Å². The van der Waals surface area contributed by atoms with Crippen molar-refractivity contribution in [2.75, 3.05) is 7.05 Å². The second-order valence-electron chi connectivity index (χ2n) is 4.70. The number of hydrogen-bond donors (Lipinski definition) is 2. The number of rotatable bonds is 1. The maximum absolute atomic E-state index is 12.5. The number of fused-ring (bicyclic) bond motifs is 3. The van der Waals surface area contributed by atoms with E-state index >= 15 is 0 Å². The molecule has 0 spiro atoms. The first-order chi connectivity index (χ1) is 10.5. The predicted molar refractivity (Wildman–Crippen MR) is 77.7 cm³/mol. The molecule has 1 aromatic heterocycles. The second-order valence-corrected chi connectivity index (χ2v) is 5.10. The van der Waals surface area contributed by atoms with E-state index in [-0.39, 0.29) is 18.3 Å². The van der Waals surface area contributed by atoms with Gasteiger partial charge in [0.15, 0.2) is 0 Å². The monoisotopic (exact) mass is 321 g/mol. The van der Waals surface area contributed by atoms with E-state index in [1.807, 2.05) is 5.43 Å². The van der Waals surface area contributed by atoms with Gasteiger partial charge in [-0.1, -0.05) is 17.7 Å². The van der Waals surface area contributed by atoms with Crippen LogP contribution in [0.1, 0.15) is 16.1 Å². The minimum atomic E-state index is -0.842. The predicted octanol–water partition coefficient (Wildman–Crippen LogP) is 1.07. The fraction of sp³-hybridized carbons (Fsp3) is 0.154. The molecule has 2 heterocycles. The van der Waals surface area contributed by atoms with Gasteiger partial charge in [-0.05, 0) is 12.1 Å². The molecular formula is C13H12ClN5O3. The first kappa shape index (κ1) is 14.4.